The number of thiazole rings is 1. The lowest BCUT2D eigenvalue weighted by molar-refractivity contribution is 0.184. The van der Waals surface area contributed by atoms with Crippen LogP contribution in [0.1, 0.15) is 35.3 Å². The monoisotopic (exact) mass is 279 g/mol. The fourth-order valence-corrected chi connectivity index (χ4v) is 3.32. The average Bonchev–Trinajstić information content (AvgIpc) is 3.11. The van der Waals surface area contributed by atoms with Gasteiger partial charge >= 0.3 is 0 Å². The number of aromatic nitrogens is 2. The molecule has 0 saturated carbocycles. The number of hydrogen-bond donors (Lipinski definition) is 0. The van der Waals surface area contributed by atoms with Crippen LogP contribution in [0, 0.1) is 0 Å². The lowest BCUT2D eigenvalue weighted by Crippen LogP contribution is -2.23. The summed E-state index contributed by atoms with van der Waals surface area (Å²) in [6.45, 7) is 2.56. The molecule has 0 N–H and O–H groups in total. The molecule has 1 fully saturated rings. The summed E-state index contributed by atoms with van der Waals surface area (Å²) in [6, 6.07) is 2.33. The summed E-state index contributed by atoms with van der Waals surface area (Å²) >= 11 is 1.66. The molecule has 1 aliphatic rings. The predicted octanol–water partition coefficient (Wildman–Crippen LogP) is 2.61. The Kier molecular flexibility index (Phi) is 3.91. The number of rotatable bonds is 5. The van der Waals surface area contributed by atoms with E-state index in [1.54, 1.807) is 24.7 Å². The normalized spacial score (nSPS) is 20.2. The first-order valence-electron chi connectivity index (χ1n) is 6.43. The van der Waals surface area contributed by atoms with Gasteiger partial charge in [0.1, 0.15) is 17.0 Å². The van der Waals surface area contributed by atoms with Gasteiger partial charge in [0.2, 0.25) is 0 Å². The van der Waals surface area contributed by atoms with Crippen molar-refractivity contribution in [2.45, 2.75) is 32.0 Å². The highest BCUT2D eigenvalue weighted by atomic mass is 32.1. The molecule has 0 bridgehead atoms. The molecule has 3 rings (SSSR count). The van der Waals surface area contributed by atoms with Crippen molar-refractivity contribution < 1.29 is 9.26 Å². The van der Waals surface area contributed by atoms with Gasteiger partial charge in [0.25, 0.3) is 0 Å². The van der Waals surface area contributed by atoms with E-state index in [0.29, 0.717) is 12.6 Å². The molecule has 0 spiro atoms. The van der Waals surface area contributed by atoms with Crippen molar-refractivity contribution in [1.29, 1.82) is 0 Å². The molecule has 19 heavy (non-hydrogen) atoms. The minimum atomic E-state index is 0.367. The van der Waals surface area contributed by atoms with Gasteiger partial charge in [0.05, 0.1) is 18.3 Å². The van der Waals surface area contributed by atoms with Crippen LogP contribution in [0.3, 0.4) is 0 Å². The Morgan fingerprint density at radius 1 is 1.58 bits per heavy atom. The van der Waals surface area contributed by atoms with E-state index in [-0.39, 0.29) is 0 Å². The molecule has 1 saturated heterocycles. The second kappa shape index (κ2) is 5.81. The summed E-state index contributed by atoms with van der Waals surface area (Å²) < 4.78 is 10.1. The first-order valence-corrected chi connectivity index (χ1v) is 7.31. The third kappa shape index (κ3) is 2.86. The predicted molar refractivity (Wildman–Crippen MR) is 71.7 cm³/mol. The Balaban J connectivity index is 1.67. The van der Waals surface area contributed by atoms with Crippen LogP contribution < -0.4 is 0 Å². The van der Waals surface area contributed by atoms with E-state index >= 15 is 0 Å². The zero-order valence-corrected chi connectivity index (χ0v) is 11.7. The van der Waals surface area contributed by atoms with Gasteiger partial charge in [-0.3, -0.25) is 4.90 Å². The third-order valence-electron chi connectivity index (χ3n) is 3.40. The quantitative estimate of drug-likeness (QED) is 0.842. The zero-order valence-electron chi connectivity index (χ0n) is 10.9. The molecular formula is C13H17N3O2S. The van der Waals surface area contributed by atoms with Crippen molar-refractivity contribution in [1.82, 2.24) is 15.0 Å². The summed E-state index contributed by atoms with van der Waals surface area (Å²) in [7, 11) is 1.70. The fourth-order valence-electron chi connectivity index (χ4n) is 2.56. The van der Waals surface area contributed by atoms with E-state index in [0.717, 1.165) is 35.9 Å². The zero-order chi connectivity index (χ0) is 13.1. The molecular weight excluding hydrogens is 262 g/mol. The highest BCUT2D eigenvalue weighted by Gasteiger charge is 2.28. The number of nitrogens with zero attached hydrogens (tertiary/aromatic N) is 3. The summed E-state index contributed by atoms with van der Waals surface area (Å²) in [5.41, 5.74) is 2.15. The van der Waals surface area contributed by atoms with Gasteiger partial charge in [0, 0.05) is 25.1 Å². The topological polar surface area (TPSA) is 51.4 Å². The van der Waals surface area contributed by atoms with Crippen LogP contribution in [0.15, 0.2) is 22.2 Å². The molecule has 3 heterocycles. The van der Waals surface area contributed by atoms with E-state index in [9.17, 15) is 0 Å². The van der Waals surface area contributed by atoms with Crippen molar-refractivity contribution in [3.8, 4) is 0 Å². The maximum Gasteiger partial charge on any atom is 0.124 e. The van der Waals surface area contributed by atoms with Crippen LogP contribution in [0.5, 0.6) is 0 Å². The second-order valence-corrected chi connectivity index (χ2v) is 5.66. The van der Waals surface area contributed by atoms with Gasteiger partial charge in [0.15, 0.2) is 0 Å². The highest BCUT2D eigenvalue weighted by Crippen LogP contribution is 2.32. The highest BCUT2D eigenvalue weighted by molar-refractivity contribution is 7.09. The average molecular weight is 279 g/mol. The SMILES string of the molecule is COCc1nc(CN2CCC[C@@H]2c2ccon2)cs1. The van der Waals surface area contributed by atoms with E-state index in [4.69, 9.17) is 9.26 Å². The molecule has 2 aromatic heterocycles. The van der Waals surface area contributed by atoms with E-state index in [1.165, 1.54) is 6.42 Å². The van der Waals surface area contributed by atoms with Crippen molar-refractivity contribution >= 4 is 11.3 Å². The maximum absolute atomic E-state index is 5.10. The van der Waals surface area contributed by atoms with E-state index in [2.05, 4.69) is 20.4 Å². The molecule has 0 unspecified atom stereocenters. The summed E-state index contributed by atoms with van der Waals surface area (Å²) in [5.74, 6) is 0. The molecule has 0 radical (unpaired) electrons. The van der Waals surface area contributed by atoms with Crippen molar-refractivity contribution in [2.24, 2.45) is 0 Å². The lowest BCUT2D eigenvalue weighted by Gasteiger charge is -2.21. The molecule has 0 aliphatic carbocycles. The van der Waals surface area contributed by atoms with Crippen molar-refractivity contribution in [3.63, 3.8) is 0 Å². The van der Waals surface area contributed by atoms with Gasteiger partial charge in [-0.25, -0.2) is 4.98 Å². The van der Waals surface area contributed by atoms with Gasteiger partial charge in [-0.2, -0.15) is 0 Å². The number of hydrogen-bond acceptors (Lipinski definition) is 6. The first-order chi connectivity index (χ1) is 9.36. The van der Waals surface area contributed by atoms with Crippen LogP contribution in [0.4, 0.5) is 0 Å². The Hall–Kier alpha value is -1.24. The Morgan fingerprint density at radius 2 is 2.53 bits per heavy atom. The van der Waals surface area contributed by atoms with Crippen molar-refractivity contribution in [2.75, 3.05) is 13.7 Å². The molecule has 102 valence electrons. The van der Waals surface area contributed by atoms with E-state index < -0.39 is 0 Å². The number of likely N-dealkylation sites (tertiary alicyclic amines) is 1. The van der Waals surface area contributed by atoms with Crippen LogP contribution in [-0.2, 0) is 17.9 Å². The molecule has 0 amide bonds. The van der Waals surface area contributed by atoms with Gasteiger partial charge in [-0.1, -0.05) is 5.16 Å². The first kappa shape index (κ1) is 12.8. The Bertz CT molecular complexity index is 512. The van der Waals surface area contributed by atoms with Gasteiger partial charge in [-0.15, -0.1) is 11.3 Å². The fraction of sp³-hybridized carbons (Fsp3) is 0.538. The molecule has 1 aliphatic heterocycles. The van der Waals surface area contributed by atoms with Crippen LogP contribution in [0.25, 0.3) is 0 Å². The molecule has 6 heteroatoms. The largest absolute Gasteiger partial charge is 0.378 e. The summed E-state index contributed by atoms with van der Waals surface area (Å²) in [4.78, 5) is 7.01. The van der Waals surface area contributed by atoms with Crippen LogP contribution in [-0.4, -0.2) is 28.7 Å². The minimum Gasteiger partial charge on any atom is -0.378 e. The molecule has 5 nitrogen and oxygen atoms in total. The Morgan fingerprint density at radius 3 is 3.32 bits per heavy atom. The maximum atomic E-state index is 5.10. The van der Waals surface area contributed by atoms with Gasteiger partial charge < -0.3 is 9.26 Å². The number of ether oxygens (including phenoxy) is 1. The summed E-state index contributed by atoms with van der Waals surface area (Å²) in [5, 5.41) is 7.22. The summed E-state index contributed by atoms with van der Waals surface area (Å²) in [6.07, 6.45) is 3.99. The smallest absolute Gasteiger partial charge is 0.124 e. The Labute approximate surface area is 116 Å². The minimum absolute atomic E-state index is 0.367. The van der Waals surface area contributed by atoms with Crippen molar-refractivity contribution in [3.05, 3.63) is 34.1 Å². The molecule has 0 aromatic carbocycles. The van der Waals surface area contributed by atoms with Gasteiger partial charge in [-0.05, 0) is 19.4 Å². The molecule has 2 aromatic rings. The van der Waals surface area contributed by atoms with Crippen LogP contribution >= 0.6 is 11.3 Å². The standard InChI is InChI=1S/C13H17N3O2S/c1-17-8-13-14-10(9-19-13)7-16-5-2-3-12(16)11-4-6-18-15-11/h4,6,9,12H,2-3,5,7-8H2,1H3/t12-/m1/s1. The third-order valence-corrected chi connectivity index (χ3v) is 4.27. The lowest BCUT2D eigenvalue weighted by atomic mass is 10.1. The molecule has 1 atom stereocenters. The second-order valence-electron chi connectivity index (χ2n) is 4.72. The van der Waals surface area contributed by atoms with E-state index in [1.807, 2.05) is 6.07 Å². The number of methoxy groups -OCH3 is 1. The van der Waals surface area contributed by atoms with Crippen LogP contribution in [0.2, 0.25) is 0 Å².